The molecule has 1 N–H and O–H groups in total. The van der Waals surface area contributed by atoms with Gasteiger partial charge in [0, 0.05) is 12.4 Å². The van der Waals surface area contributed by atoms with E-state index in [-0.39, 0.29) is 18.0 Å². The van der Waals surface area contributed by atoms with Crippen molar-refractivity contribution in [3.63, 3.8) is 0 Å². The van der Waals surface area contributed by atoms with Crippen LogP contribution >= 0.6 is 0 Å². The molecule has 0 spiro atoms. The van der Waals surface area contributed by atoms with Crippen molar-refractivity contribution in [2.45, 2.75) is 32.0 Å². The van der Waals surface area contributed by atoms with E-state index in [0.717, 1.165) is 11.1 Å². The van der Waals surface area contributed by atoms with Crippen LogP contribution in [0.3, 0.4) is 0 Å². The van der Waals surface area contributed by atoms with E-state index >= 15 is 0 Å². The number of hydrazine groups is 1. The largest absolute Gasteiger partial charge is 0.493 e. The van der Waals surface area contributed by atoms with Gasteiger partial charge in [-0.1, -0.05) is 35.9 Å². The van der Waals surface area contributed by atoms with Crippen LogP contribution in [0.5, 0.6) is 11.5 Å². The summed E-state index contributed by atoms with van der Waals surface area (Å²) in [5.41, 5.74) is 6.82. The second-order valence-electron chi connectivity index (χ2n) is 7.21. The summed E-state index contributed by atoms with van der Waals surface area (Å²) in [5.74, 6) is 1.50. The molecule has 0 saturated carbocycles. The molecule has 1 saturated heterocycles. The Morgan fingerprint density at radius 2 is 1.89 bits per heavy atom. The standard InChI is InChI=1S/C22H25N3O3/c1-15-5-4-6-16(11-15)14-24-9-10-25-19(22(24)26)13-18(23-25)17-7-8-20(27-2)21(12-17)28-3/h4-12,18-19,23H,13-14H2,1-3H3. The second kappa shape index (κ2) is 7.56. The number of methoxy groups -OCH3 is 2. The number of carbonyl (C=O) groups excluding carboxylic acids is 1. The number of carbonyl (C=O) groups is 1. The first-order valence-corrected chi connectivity index (χ1v) is 9.40. The summed E-state index contributed by atoms with van der Waals surface area (Å²) in [6.07, 6.45) is 4.50. The predicted molar refractivity (Wildman–Crippen MR) is 107 cm³/mol. The number of benzene rings is 2. The van der Waals surface area contributed by atoms with Gasteiger partial charge in [-0.3, -0.25) is 4.79 Å². The zero-order valence-electron chi connectivity index (χ0n) is 16.4. The molecule has 2 aromatic rings. The molecule has 1 fully saturated rings. The molecule has 4 rings (SSSR count). The third-order valence-electron chi connectivity index (χ3n) is 5.32. The molecule has 6 heteroatoms. The highest BCUT2D eigenvalue weighted by Gasteiger charge is 2.40. The fraction of sp³-hybridized carbons (Fsp3) is 0.318. The van der Waals surface area contributed by atoms with Gasteiger partial charge >= 0.3 is 0 Å². The molecule has 28 heavy (non-hydrogen) atoms. The third-order valence-corrected chi connectivity index (χ3v) is 5.32. The van der Waals surface area contributed by atoms with Crippen molar-refractivity contribution >= 4 is 5.91 Å². The summed E-state index contributed by atoms with van der Waals surface area (Å²) in [4.78, 5) is 14.8. The molecular formula is C22H25N3O3. The fourth-order valence-corrected chi connectivity index (χ4v) is 3.86. The van der Waals surface area contributed by atoms with Gasteiger partial charge in [-0.15, -0.1) is 0 Å². The Kier molecular flexibility index (Phi) is 4.96. The summed E-state index contributed by atoms with van der Waals surface area (Å²) in [5, 5.41) is 1.91. The average molecular weight is 379 g/mol. The summed E-state index contributed by atoms with van der Waals surface area (Å²) in [6, 6.07) is 14.0. The lowest BCUT2D eigenvalue weighted by Gasteiger charge is -2.31. The zero-order chi connectivity index (χ0) is 19.7. The zero-order valence-corrected chi connectivity index (χ0v) is 16.4. The van der Waals surface area contributed by atoms with Crippen molar-refractivity contribution in [3.05, 3.63) is 71.6 Å². The smallest absolute Gasteiger partial charge is 0.251 e. The molecule has 146 valence electrons. The summed E-state index contributed by atoms with van der Waals surface area (Å²) >= 11 is 0. The Labute approximate surface area is 165 Å². The molecule has 2 aliphatic heterocycles. The van der Waals surface area contributed by atoms with Crippen molar-refractivity contribution < 1.29 is 14.3 Å². The van der Waals surface area contributed by atoms with Gasteiger partial charge in [0.15, 0.2) is 11.5 Å². The van der Waals surface area contributed by atoms with Gasteiger partial charge in [0.2, 0.25) is 0 Å². The van der Waals surface area contributed by atoms with E-state index in [1.165, 1.54) is 5.56 Å². The Morgan fingerprint density at radius 3 is 2.64 bits per heavy atom. The van der Waals surface area contributed by atoms with E-state index in [9.17, 15) is 4.79 Å². The predicted octanol–water partition coefficient (Wildman–Crippen LogP) is 3.15. The number of nitrogens with one attached hydrogen (secondary N) is 1. The average Bonchev–Trinajstić information content (AvgIpc) is 3.15. The van der Waals surface area contributed by atoms with Crippen LogP contribution in [-0.2, 0) is 11.3 Å². The molecule has 2 aromatic carbocycles. The maximum Gasteiger partial charge on any atom is 0.251 e. The van der Waals surface area contributed by atoms with Crippen LogP contribution in [0.25, 0.3) is 0 Å². The normalized spacial score (nSPS) is 21.0. The monoisotopic (exact) mass is 379 g/mol. The van der Waals surface area contributed by atoms with E-state index < -0.39 is 0 Å². The summed E-state index contributed by atoms with van der Waals surface area (Å²) in [6.45, 7) is 2.65. The number of rotatable bonds is 5. The van der Waals surface area contributed by atoms with Crippen LogP contribution < -0.4 is 14.9 Å². The van der Waals surface area contributed by atoms with Gasteiger partial charge in [-0.05, 0) is 36.6 Å². The molecule has 2 aliphatic rings. The van der Waals surface area contributed by atoms with Crippen molar-refractivity contribution in [2.75, 3.05) is 14.2 Å². The fourth-order valence-electron chi connectivity index (χ4n) is 3.86. The lowest BCUT2D eigenvalue weighted by molar-refractivity contribution is -0.134. The third kappa shape index (κ3) is 3.43. The number of hydrogen-bond acceptors (Lipinski definition) is 5. The summed E-state index contributed by atoms with van der Waals surface area (Å²) < 4.78 is 10.7. The Bertz CT molecular complexity index is 912. The number of ether oxygens (including phenoxy) is 2. The number of fused-ring (bicyclic) bond motifs is 1. The molecular weight excluding hydrogens is 354 g/mol. The van der Waals surface area contributed by atoms with Gasteiger partial charge in [-0.25, -0.2) is 5.43 Å². The van der Waals surface area contributed by atoms with Gasteiger partial charge in [-0.2, -0.15) is 0 Å². The molecule has 2 atom stereocenters. The highest BCUT2D eigenvalue weighted by Crippen LogP contribution is 2.35. The minimum absolute atomic E-state index is 0.0392. The molecule has 0 radical (unpaired) electrons. The molecule has 2 heterocycles. The van der Waals surface area contributed by atoms with Crippen LogP contribution in [0.2, 0.25) is 0 Å². The van der Waals surface area contributed by atoms with Crippen molar-refractivity contribution in [1.29, 1.82) is 0 Å². The second-order valence-corrected chi connectivity index (χ2v) is 7.21. The molecule has 1 amide bonds. The van der Waals surface area contributed by atoms with E-state index in [1.54, 1.807) is 19.1 Å². The van der Waals surface area contributed by atoms with E-state index in [4.69, 9.17) is 9.47 Å². The molecule has 6 nitrogen and oxygen atoms in total. The molecule has 0 aromatic heterocycles. The van der Waals surface area contributed by atoms with Gasteiger partial charge in [0.25, 0.3) is 5.91 Å². The van der Waals surface area contributed by atoms with Crippen LogP contribution in [0.1, 0.15) is 29.2 Å². The lowest BCUT2D eigenvalue weighted by Crippen LogP contribution is -2.47. The van der Waals surface area contributed by atoms with Gasteiger partial charge in [0.1, 0.15) is 6.04 Å². The van der Waals surface area contributed by atoms with E-state index in [2.05, 4.69) is 30.5 Å². The molecule has 0 aliphatic carbocycles. The Morgan fingerprint density at radius 1 is 1.07 bits per heavy atom. The first-order chi connectivity index (χ1) is 13.6. The van der Waals surface area contributed by atoms with Crippen molar-refractivity contribution in [2.24, 2.45) is 0 Å². The number of hydrogen-bond donors (Lipinski definition) is 1. The molecule has 2 unspecified atom stereocenters. The minimum atomic E-state index is -0.215. The topological polar surface area (TPSA) is 54.0 Å². The maximum atomic E-state index is 13.0. The van der Waals surface area contributed by atoms with Crippen LogP contribution in [0.4, 0.5) is 0 Å². The van der Waals surface area contributed by atoms with E-state index in [1.807, 2.05) is 41.7 Å². The van der Waals surface area contributed by atoms with Gasteiger partial charge in [0.05, 0.1) is 26.8 Å². The first-order valence-electron chi connectivity index (χ1n) is 9.40. The molecule has 0 bridgehead atoms. The number of nitrogens with zero attached hydrogens (tertiary/aromatic N) is 2. The van der Waals surface area contributed by atoms with Crippen LogP contribution in [-0.4, -0.2) is 36.1 Å². The quantitative estimate of drug-likeness (QED) is 0.865. The highest BCUT2D eigenvalue weighted by molar-refractivity contribution is 5.84. The first kappa shape index (κ1) is 18.4. The van der Waals surface area contributed by atoms with E-state index in [0.29, 0.717) is 24.5 Å². The SMILES string of the molecule is COc1ccc(C2CC3C(=O)N(Cc4cccc(C)c4)C=CN3N2)cc1OC. The number of aryl methyl sites for hydroxylation is 1. The summed E-state index contributed by atoms with van der Waals surface area (Å²) in [7, 11) is 3.25. The Hall–Kier alpha value is -2.99. The maximum absolute atomic E-state index is 13.0. The van der Waals surface area contributed by atoms with Crippen LogP contribution in [0.15, 0.2) is 54.9 Å². The number of amides is 1. The van der Waals surface area contributed by atoms with Crippen molar-refractivity contribution in [3.8, 4) is 11.5 Å². The Balaban J connectivity index is 1.49. The van der Waals surface area contributed by atoms with Crippen molar-refractivity contribution in [1.82, 2.24) is 15.3 Å². The highest BCUT2D eigenvalue weighted by atomic mass is 16.5. The van der Waals surface area contributed by atoms with Gasteiger partial charge < -0.3 is 19.4 Å². The minimum Gasteiger partial charge on any atom is -0.493 e. The lowest BCUT2D eigenvalue weighted by atomic mass is 10.00. The van der Waals surface area contributed by atoms with Crippen LogP contribution in [0, 0.1) is 6.92 Å².